The summed E-state index contributed by atoms with van der Waals surface area (Å²) in [5, 5.41) is 8.45. The summed E-state index contributed by atoms with van der Waals surface area (Å²) in [5.74, 6) is -2.14. The Hall–Kier alpha value is -0.660. The Bertz CT molecular complexity index is 318. The maximum atomic E-state index is 11.5. The number of methoxy groups -OCH3 is 1. The van der Waals surface area contributed by atoms with Crippen LogP contribution in [-0.2, 0) is 19.6 Å². The molecule has 0 saturated carbocycles. The third-order valence-electron chi connectivity index (χ3n) is 2.43. The summed E-state index contributed by atoms with van der Waals surface area (Å²) in [6.45, 7) is 0.683. The van der Waals surface area contributed by atoms with Gasteiger partial charge in [-0.2, -0.15) is 0 Å². The molecule has 0 aromatic rings. The van der Waals surface area contributed by atoms with E-state index in [1.54, 1.807) is 7.11 Å². The minimum atomic E-state index is -3.64. The molecule has 0 spiro atoms. The van der Waals surface area contributed by atoms with Crippen LogP contribution in [0.3, 0.4) is 0 Å². The number of hydrogen-bond donors (Lipinski definition) is 1. The fourth-order valence-corrected chi connectivity index (χ4v) is 2.86. The molecule has 1 aliphatic rings. The van der Waals surface area contributed by atoms with Crippen LogP contribution in [0.5, 0.6) is 0 Å². The number of carbonyl (C=O) groups is 1. The number of rotatable bonds is 4. The second-order valence-electron chi connectivity index (χ2n) is 3.48. The number of aliphatic carboxylic acids is 1. The molecule has 0 aromatic heterocycles. The van der Waals surface area contributed by atoms with E-state index in [1.165, 1.54) is 4.31 Å². The zero-order valence-corrected chi connectivity index (χ0v) is 9.37. The van der Waals surface area contributed by atoms with Crippen LogP contribution >= 0.6 is 0 Å². The SMILES string of the molecule is COC1CCN(S(=O)(=O)CC(=O)O)CC1. The molecule has 88 valence electrons. The molecule has 0 bridgehead atoms. The first-order valence-electron chi connectivity index (χ1n) is 4.68. The Morgan fingerprint density at radius 3 is 2.40 bits per heavy atom. The van der Waals surface area contributed by atoms with E-state index in [0.717, 1.165) is 0 Å². The lowest BCUT2D eigenvalue weighted by Crippen LogP contribution is -2.42. The summed E-state index contributed by atoms with van der Waals surface area (Å²) < 4.78 is 29.3. The van der Waals surface area contributed by atoms with E-state index in [9.17, 15) is 13.2 Å². The lowest BCUT2D eigenvalue weighted by Gasteiger charge is -2.29. The number of carboxylic acid groups (broad SMARTS) is 1. The van der Waals surface area contributed by atoms with E-state index < -0.39 is 21.7 Å². The van der Waals surface area contributed by atoms with Gasteiger partial charge < -0.3 is 9.84 Å². The maximum absolute atomic E-state index is 11.5. The Balaban J connectivity index is 2.56. The Morgan fingerprint density at radius 2 is 2.00 bits per heavy atom. The second-order valence-corrected chi connectivity index (χ2v) is 5.45. The Labute approximate surface area is 88.9 Å². The maximum Gasteiger partial charge on any atom is 0.320 e. The molecule has 0 aromatic carbocycles. The molecule has 0 radical (unpaired) electrons. The van der Waals surface area contributed by atoms with Gasteiger partial charge in [-0.25, -0.2) is 12.7 Å². The molecule has 1 rings (SSSR count). The largest absolute Gasteiger partial charge is 0.480 e. The number of carboxylic acids is 1. The van der Waals surface area contributed by atoms with Gasteiger partial charge in [0.05, 0.1) is 6.10 Å². The highest BCUT2D eigenvalue weighted by Crippen LogP contribution is 2.16. The molecule has 1 heterocycles. The molecule has 1 N–H and O–H groups in total. The van der Waals surface area contributed by atoms with Crippen LogP contribution in [0.15, 0.2) is 0 Å². The average molecular weight is 237 g/mol. The third-order valence-corrected chi connectivity index (χ3v) is 4.20. The third kappa shape index (κ3) is 3.44. The van der Waals surface area contributed by atoms with Gasteiger partial charge >= 0.3 is 5.97 Å². The van der Waals surface area contributed by atoms with E-state index in [-0.39, 0.29) is 6.10 Å². The molecule has 1 aliphatic heterocycles. The summed E-state index contributed by atoms with van der Waals surface area (Å²) in [5.41, 5.74) is 0. The van der Waals surface area contributed by atoms with E-state index in [2.05, 4.69) is 0 Å². The van der Waals surface area contributed by atoms with E-state index >= 15 is 0 Å². The Morgan fingerprint density at radius 1 is 1.47 bits per heavy atom. The molecular formula is C8H15NO5S. The molecule has 6 nitrogen and oxygen atoms in total. The van der Waals surface area contributed by atoms with Gasteiger partial charge in [0.1, 0.15) is 0 Å². The molecule has 1 saturated heterocycles. The van der Waals surface area contributed by atoms with Crippen molar-refractivity contribution in [2.75, 3.05) is 26.0 Å². The van der Waals surface area contributed by atoms with Crippen molar-refractivity contribution in [1.29, 1.82) is 0 Å². The van der Waals surface area contributed by atoms with Crippen LogP contribution in [-0.4, -0.2) is 55.9 Å². The van der Waals surface area contributed by atoms with Gasteiger partial charge in [-0.15, -0.1) is 0 Å². The van der Waals surface area contributed by atoms with E-state index in [0.29, 0.717) is 25.9 Å². The summed E-state index contributed by atoms with van der Waals surface area (Å²) in [6.07, 6.45) is 1.33. The van der Waals surface area contributed by atoms with Crippen LogP contribution in [0.2, 0.25) is 0 Å². The number of sulfonamides is 1. The lowest BCUT2D eigenvalue weighted by atomic mass is 10.1. The first-order chi connectivity index (χ1) is 6.95. The van der Waals surface area contributed by atoms with Crippen molar-refractivity contribution in [3.63, 3.8) is 0 Å². The average Bonchev–Trinajstić information content (AvgIpc) is 2.16. The quantitative estimate of drug-likeness (QED) is 0.713. The molecule has 1 fully saturated rings. The predicted molar refractivity (Wildman–Crippen MR) is 53.0 cm³/mol. The van der Waals surface area contributed by atoms with Gasteiger partial charge in [0.15, 0.2) is 5.75 Å². The Kier molecular flexibility index (Phi) is 4.06. The molecule has 15 heavy (non-hydrogen) atoms. The van der Waals surface area contributed by atoms with Gasteiger partial charge in [0.25, 0.3) is 0 Å². The smallest absolute Gasteiger partial charge is 0.320 e. The molecule has 0 atom stereocenters. The van der Waals surface area contributed by atoms with Crippen LogP contribution in [0.4, 0.5) is 0 Å². The van der Waals surface area contributed by atoms with Crippen molar-refractivity contribution < 1.29 is 23.1 Å². The molecule has 7 heteroatoms. The minimum absolute atomic E-state index is 0.0845. The van der Waals surface area contributed by atoms with E-state index in [4.69, 9.17) is 9.84 Å². The number of nitrogens with zero attached hydrogens (tertiary/aromatic N) is 1. The molecule has 0 aliphatic carbocycles. The first-order valence-corrected chi connectivity index (χ1v) is 6.29. The van der Waals surface area contributed by atoms with Crippen LogP contribution in [0.25, 0.3) is 0 Å². The van der Waals surface area contributed by atoms with Crippen molar-refractivity contribution >= 4 is 16.0 Å². The summed E-state index contributed by atoms with van der Waals surface area (Å²) in [6, 6.07) is 0. The molecule has 0 amide bonds. The second kappa shape index (κ2) is 4.91. The standard InChI is InChI=1S/C8H15NO5S/c1-14-7-2-4-9(5-3-7)15(12,13)6-8(10)11/h7H,2-6H2,1H3,(H,10,11). The van der Waals surface area contributed by atoms with Gasteiger partial charge in [-0.1, -0.05) is 0 Å². The zero-order chi connectivity index (χ0) is 11.5. The van der Waals surface area contributed by atoms with Crippen molar-refractivity contribution in [1.82, 2.24) is 4.31 Å². The van der Waals surface area contributed by atoms with Crippen molar-refractivity contribution in [2.24, 2.45) is 0 Å². The van der Waals surface area contributed by atoms with E-state index in [1.807, 2.05) is 0 Å². The monoisotopic (exact) mass is 237 g/mol. The zero-order valence-electron chi connectivity index (χ0n) is 8.55. The van der Waals surface area contributed by atoms with Crippen molar-refractivity contribution in [3.8, 4) is 0 Å². The van der Waals surface area contributed by atoms with Gasteiger partial charge in [-0.05, 0) is 12.8 Å². The molecule has 0 unspecified atom stereocenters. The van der Waals surface area contributed by atoms with Crippen LogP contribution in [0.1, 0.15) is 12.8 Å². The van der Waals surface area contributed by atoms with Gasteiger partial charge in [0.2, 0.25) is 10.0 Å². The van der Waals surface area contributed by atoms with Gasteiger partial charge in [0, 0.05) is 20.2 Å². The fourth-order valence-electron chi connectivity index (χ4n) is 1.59. The highest BCUT2D eigenvalue weighted by atomic mass is 32.2. The summed E-state index contributed by atoms with van der Waals surface area (Å²) in [7, 11) is -2.05. The summed E-state index contributed by atoms with van der Waals surface area (Å²) in [4.78, 5) is 10.3. The van der Waals surface area contributed by atoms with Crippen molar-refractivity contribution in [2.45, 2.75) is 18.9 Å². The number of piperidine rings is 1. The van der Waals surface area contributed by atoms with Crippen LogP contribution in [0, 0.1) is 0 Å². The number of hydrogen-bond acceptors (Lipinski definition) is 4. The van der Waals surface area contributed by atoms with Gasteiger partial charge in [-0.3, -0.25) is 4.79 Å². The first kappa shape index (κ1) is 12.4. The lowest BCUT2D eigenvalue weighted by molar-refractivity contribution is -0.134. The fraction of sp³-hybridized carbons (Fsp3) is 0.875. The van der Waals surface area contributed by atoms with Crippen LogP contribution < -0.4 is 0 Å². The number of ether oxygens (including phenoxy) is 1. The molecular weight excluding hydrogens is 222 g/mol. The predicted octanol–water partition coefficient (Wildman–Crippen LogP) is -0.488. The minimum Gasteiger partial charge on any atom is -0.480 e. The normalized spacial score (nSPS) is 20.3. The van der Waals surface area contributed by atoms with Crippen molar-refractivity contribution in [3.05, 3.63) is 0 Å². The summed E-state index contributed by atoms with van der Waals surface area (Å²) >= 11 is 0. The highest BCUT2D eigenvalue weighted by Gasteiger charge is 2.29. The topological polar surface area (TPSA) is 83.9 Å². The highest BCUT2D eigenvalue weighted by molar-refractivity contribution is 7.89.